The molecule has 2 aromatic rings. The molecule has 1 heterocycles. The van der Waals surface area contributed by atoms with Gasteiger partial charge in [0.25, 0.3) is 0 Å². The molecular formula is C19H22N3NaO. The van der Waals surface area contributed by atoms with Crippen molar-refractivity contribution in [1.29, 1.82) is 5.26 Å². The van der Waals surface area contributed by atoms with E-state index in [4.69, 9.17) is 0 Å². The molecule has 0 saturated heterocycles. The van der Waals surface area contributed by atoms with Crippen molar-refractivity contribution in [2.75, 3.05) is 0 Å². The number of rotatable bonds is 3. The van der Waals surface area contributed by atoms with E-state index in [-0.39, 0.29) is 46.3 Å². The van der Waals surface area contributed by atoms with E-state index < -0.39 is 0 Å². The normalized spacial score (nSPS) is 12.2. The predicted molar refractivity (Wildman–Crippen MR) is 90.2 cm³/mol. The quantitative estimate of drug-likeness (QED) is 0.461. The molecule has 120 valence electrons. The summed E-state index contributed by atoms with van der Waals surface area (Å²) in [5, 5.41) is 26.5. The minimum Gasteiger partial charge on any atom is -0.870 e. The monoisotopic (exact) mass is 331 g/mol. The van der Waals surface area contributed by atoms with E-state index in [1.807, 2.05) is 38.1 Å². The zero-order valence-electron chi connectivity index (χ0n) is 15.3. The van der Waals surface area contributed by atoms with Crippen LogP contribution in [0.4, 0.5) is 0 Å². The molecule has 1 aromatic heterocycles. The van der Waals surface area contributed by atoms with Crippen molar-refractivity contribution in [3.05, 3.63) is 52.8 Å². The summed E-state index contributed by atoms with van der Waals surface area (Å²) in [5.74, 6) is -0.279. The average Bonchev–Trinajstić information content (AvgIpc) is 2.88. The van der Waals surface area contributed by atoms with E-state index in [2.05, 4.69) is 31.9 Å². The Kier molecular flexibility index (Phi) is 6.86. The van der Waals surface area contributed by atoms with Crippen LogP contribution in [0.15, 0.2) is 30.3 Å². The first kappa shape index (κ1) is 20.5. The fourth-order valence-corrected chi connectivity index (χ4v) is 2.48. The molecule has 0 radical (unpaired) electrons. The zero-order chi connectivity index (χ0) is 17.2. The summed E-state index contributed by atoms with van der Waals surface area (Å²) in [6.07, 6.45) is 0. The number of nitrogens with zero attached hydrogens (tertiary/aromatic N) is 3. The molecule has 4 nitrogen and oxygen atoms in total. The maximum Gasteiger partial charge on any atom is 1.00 e. The predicted octanol–water partition coefficient (Wildman–Crippen LogP) is 0.265. The Bertz CT molecular complexity index is 774. The fraction of sp³-hybridized carbons (Fsp3) is 0.368. The van der Waals surface area contributed by atoms with Gasteiger partial charge in [-0.25, -0.2) is 0 Å². The summed E-state index contributed by atoms with van der Waals surface area (Å²) in [4.78, 5) is 0. The van der Waals surface area contributed by atoms with Crippen LogP contribution in [0.5, 0.6) is 0 Å². The SMILES string of the molecule is CCn1nc(C)cc1C([O-])=C(C#N)c1ccc(C(C)(C)C)cc1.[Na+]. The van der Waals surface area contributed by atoms with Gasteiger partial charge >= 0.3 is 29.6 Å². The van der Waals surface area contributed by atoms with Gasteiger partial charge in [-0.2, -0.15) is 10.4 Å². The van der Waals surface area contributed by atoms with Crippen molar-refractivity contribution in [2.24, 2.45) is 0 Å². The fourth-order valence-electron chi connectivity index (χ4n) is 2.48. The smallest absolute Gasteiger partial charge is 0.870 e. The first-order valence-electron chi connectivity index (χ1n) is 7.75. The molecule has 0 bridgehead atoms. The van der Waals surface area contributed by atoms with Crippen LogP contribution in [0.3, 0.4) is 0 Å². The molecule has 0 N–H and O–H groups in total. The van der Waals surface area contributed by atoms with E-state index in [0.717, 1.165) is 5.69 Å². The van der Waals surface area contributed by atoms with E-state index in [9.17, 15) is 10.4 Å². The van der Waals surface area contributed by atoms with Crippen LogP contribution in [0.25, 0.3) is 11.3 Å². The molecule has 0 saturated carbocycles. The number of aromatic nitrogens is 2. The van der Waals surface area contributed by atoms with Crippen LogP contribution in [-0.4, -0.2) is 9.78 Å². The topological polar surface area (TPSA) is 64.7 Å². The Morgan fingerprint density at radius 2 is 1.83 bits per heavy atom. The summed E-state index contributed by atoms with van der Waals surface area (Å²) < 4.78 is 1.64. The third-order valence-electron chi connectivity index (χ3n) is 3.81. The molecule has 0 atom stereocenters. The molecule has 0 aliphatic heterocycles. The van der Waals surface area contributed by atoms with Crippen molar-refractivity contribution in [1.82, 2.24) is 9.78 Å². The summed E-state index contributed by atoms with van der Waals surface area (Å²) in [6.45, 7) is 10.7. The number of aryl methyl sites for hydroxylation is 2. The van der Waals surface area contributed by atoms with Gasteiger partial charge in [0.05, 0.1) is 23.0 Å². The molecule has 0 aliphatic rings. The number of benzene rings is 1. The summed E-state index contributed by atoms with van der Waals surface area (Å²) >= 11 is 0. The van der Waals surface area contributed by atoms with E-state index in [1.54, 1.807) is 10.7 Å². The standard InChI is InChI=1S/C19H23N3O.Na/c1-6-22-17(11-13(2)21-22)18(23)16(12-20)14-7-9-15(10-8-14)19(3,4)5;/h7-11,23H,6H2,1-5H3;/q;+1/p-1. The first-order chi connectivity index (χ1) is 10.8. The first-order valence-corrected chi connectivity index (χ1v) is 7.75. The molecule has 0 spiro atoms. The molecule has 0 amide bonds. The molecule has 1 aromatic carbocycles. The largest absolute Gasteiger partial charge is 1.00 e. The van der Waals surface area contributed by atoms with E-state index in [1.165, 1.54) is 5.56 Å². The maximum atomic E-state index is 12.7. The number of hydrogen-bond donors (Lipinski definition) is 0. The van der Waals surface area contributed by atoms with Gasteiger partial charge in [-0.3, -0.25) is 4.68 Å². The Morgan fingerprint density at radius 3 is 2.29 bits per heavy atom. The molecule has 5 heteroatoms. The molecule has 24 heavy (non-hydrogen) atoms. The Balaban J connectivity index is 0.00000288. The van der Waals surface area contributed by atoms with Crippen LogP contribution < -0.4 is 34.7 Å². The second-order valence-electron chi connectivity index (χ2n) is 6.63. The van der Waals surface area contributed by atoms with Gasteiger partial charge in [0.2, 0.25) is 0 Å². The van der Waals surface area contributed by atoms with Crippen LogP contribution in [0, 0.1) is 18.3 Å². The van der Waals surface area contributed by atoms with Gasteiger partial charge in [-0.1, -0.05) is 50.8 Å². The Morgan fingerprint density at radius 1 is 1.25 bits per heavy atom. The van der Waals surface area contributed by atoms with Gasteiger partial charge in [-0.05, 0) is 36.5 Å². The van der Waals surface area contributed by atoms with Crippen LogP contribution >= 0.6 is 0 Å². The van der Waals surface area contributed by atoms with Crippen LogP contribution in [-0.2, 0) is 12.0 Å². The van der Waals surface area contributed by atoms with Crippen molar-refractivity contribution >= 4 is 11.3 Å². The number of allylic oxidation sites excluding steroid dienone is 1. The number of nitriles is 1. The summed E-state index contributed by atoms with van der Waals surface area (Å²) in [7, 11) is 0. The van der Waals surface area contributed by atoms with Crippen molar-refractivity contribution in [2.45, 2.75) is 46.6 Å². The van der Waals surface area contributed by atoms with Gasteiger partial charge in [-0.15, -0.1) is 0 Å². The number of hydrogen-bond acceptors (Lipinski definition) is 3. The van der Waals surface area contributed by atoms with Crippen molar-refractivity contribution < 1.29 is 34.7 Å². The van der Waals surface area contributed by atoms with Gasteiger partial charge in [0.1, 0.15) is 0 Å². The Hall–Kier alpha value is -1.54. The third-order valence-corrected chi connectivity index (χ3v) is 3.81. The maximum absolute atomic E-state index is 12.7. The van der Waals surface area contributed by atoms with E-state index >= 15 is 0 Å². The van der Waals surface area contributed by atoms with E-state index in [0.29, 0.717) is 17.8 Å². The van der Waals surface area contributed by atoms with Crippen molar-refractivity contribution in [3.63, 3.8) is 0 Å². The van der Waals surface area contributed by atoms with Crippen LogP contribution in [0.1, 0.15) is 50.2 Å². The van der Waals surface area contributed by atoms with Gasteiger partial charge in [0.15, 0.2) is 0 Å². The van der Waals surface area contributed by atoms with Gasteiger partial charge < -0.3 is 5.11 Å². The minimum absolute atomic E-state index is 0. The third kappa shape index (κ3) is 4.30. The molecule has 0 aliphatic carbocycles. The zero-order valence-corrected chi connectivity index (χ0v) is 17.3. The second-order valence-corrected chi connectivity index (χ2v) is 6.63. The average molecular weight is 331 g/mol. The molecule has 0 unspecified atom stereocenters. The molecule has 2 rings (SSSR count). The minimum atomic E-state index is -0.279. The Labute approximate surface area is 166 Å². The second kappa shape index (κ2) is 8.02. The van der Waals surface area contributed by atoms with Crippen molar-refractivity contribution in [3.8, 4) is 6.07 Å². The van der Waals surface area contributed by atoms with Crippen LogP contribution in [0.2, 0.25) is 0 Å². The van der Waals surface area contributed by atoms with Gasteiger partial charge in [0, 0.05) is 6.54 Å². The molecule has 0 fully saturated rings. The summed E-state index contributed by atoms with van der Waals surface area (Å²) in [6, 6.07) is 11.4. The molecular weight excluding hydrogens is 309 g/mol. The summed E-state index contributed by atoms with van der Waals surface area (Å²) in [5.41, 5.74) is 3.23.